The monoisotopic (exact) mass is 885 g/mol. The lowest BCUT2D eigenvalue weighted by atomic mass is 9.82. The average Bonchev–Trinajstić information content (AvgIpc) is 3.92. The highest BCUT2D eigenvalue weighted by atomic mass is 15.0. The maximum absolute atomic E-state index is 3.74. The molecule has 0 amide bonds. The summed E-state index contributed by atoms with van der Waals surface area (Å²) in [6.45, 7) is 9.33. The molecule has 330 valence electrons. The molecule has 11 aromatic rings. The van der Waals surface area contributed by atoms with Crippen LogP contribution in [-0.4, -0.2) is 4.57 Å². The maximum Gasteiger partial charge on any atom is 0.0547 e. The van der Waals surface area contributed by atoms with E-state index in [9.17, 15) is 0 Å². The van der Waals surface area contributed by atoms with Crippen LogP contribution < -0.4 is 10.6 Å². The fourth-order valence-corrected chi connectivity index (χ4v) is 11.5. The number of anilines is 4. The molecule has 0 unspecified atom stereocenters. The van der Waals surface area contributed by atoms with Crippen molar-refractivity contribution in [3.63, 3.8) is 0 Å². The van der Waals surface area contributed by atoms with Crippen LogP contribution in [0.4, 0.5) is 22.7 Å². The largest absolute Gasteiger partial charge is 0.356 e. The third kappa shape index (κ3) is 6.72. The summed E-state index contributed by atoms with van der Waals surface area (Å²) in [7, 11) is 0. The molecule has 0 aliphatic heterocycles. The molecule has 0 fully saturated rings. The first-order valence-corrected chi connectivity index (χ1v) is 24.2. The molecule has 0 saturated carbocycles. The minimum Gasteiger partial charge on any atom is -0.356 e. The van der Waals surface area contributed by atoms with Crippen molar-refractivity contribution in [2.45, 2.75) is 38.5 Å². The van der Waals surface area contributed by atoms with Gasteiger partial charge in [0.2, 0.25) is 0 Å². The van der Waals surface area contributed by atoms with Crippen LogP contribution in [0.5, 0.6) is 0 Å². The summed E-state index contributed by atoms with van der Waals surface area (Å²) >= 11 is 0. The molecule has 69 heavy (non-hydrogen) atoms. The molecule has 0 saturated heterocycles. The molecule has 2 N–H and O–H groups in total. The van der Waals surface area contributed by atoms with E-state index in [0.717, 1.165) is 28.4 Å². The summed E-state index contributed by atoms with van der Waals surface area (Å²) < 4.78 is 2.42. The number of rotatable bonds is 8. The van der Waals surface area contributed by atoms with Crippen LogP contribution in [0.15, 0.2) is 224 Å². The first-order valence-electron chi connectivity index (χ1n) is 24.2. The molecule has 3 heteroatoms. The summed E-state index contributed by atoms with van der Waals surface area (Å²) in [5.74, 6) is 0. The Morgan fingerprint density at radius 2 is 0.768 bits per heavy atom. The fraction of sp³-hybridized carbons (Fsp3) is 0.0909. The Labute approximate surface area is 404 Å². The molecule has 2 aliphatic rings. The number of para-hydroxylation sites is 1. The quantitative estimate of drug-likeness (QED) is 0.159. The van der Waals surface area contributed by atoms with Crippen LogP contribution in [0.3, 0.4) is 0 Å². The van der Waals surface area contributed by atoms with Crippen molar-refractivity contribution in [3.8, 4) is 61.3 Å². The number of fused-ring (bicyclic) bond motifs is 9. The van der Waals surface area contributed by atoms with Crippen molar-refractivity contribution in [1.82, 2.24) is 4.57 Å². The van der Waals surface area contributed by atoms with Crippen molar-refractivity contribution >= 4 is 44.6 Å². The highest BCUT2D eigenvalue weighted by Gasteiger charge is 2.36. The Bertz CT molecular complexity index is 3830. The Balaban J connectivity index is 0.795. The van der Waals surface area contributed by atoms with Crippen molar-refractivity contribution in [1.29, 1.82) is 0 Å². The van der Waals surface area contributed by atoms with Gasteiger partial charge < -0.3 is 15.2 Å². The van der Waals surface area contributed by atoms with E-state index in [2.05, 4.69) is 267 Å². The molecular weight excluding hydrogens is 835 g/mol. The van der Waals surface area contributed by atoms with Gasteiger partial charge in [-0.3, -0.25) is 0 Å². The number of benzene rings is 10. The highest BCUT2D eigenvalue weighted by molar-refractivity contribution is 6.11. The van der Waals surface area contributed by atoms with E-state index in [1.165, 1.54) is 99.7 Å². The molecule has 0 atom stereocenters. The van der Waals surface area contributed by atoms with E-state index in [1.807, 2.05) is 0 Å². The molecule has 13 rings (SSSR count). The number of hydrogen-bond donors (Lipinski definition) is 2. The van der Waals surface area contributed by atoms with Gasteiger partial charge in [-0.2, -0.15) is 0 Å². The molecule has 0 bridgehead atoms. The third-order valence-corrected chi connectivity index (χ3v) is 15.1. The van der Waals surface area contributed by atoms with Crippen LogP contribution in [0.25, 0.3) is 83.1 Å². The van der Waals surface area contributed by atoms with Gasteiger partial charge in [-0.05, 0) is 163 Å². The SMILES string of the molecule is CC1(C)c2ccccc2-c2ccc(Nc3ccc(-c4ccc5c(c4)c4ccc(-c6cccc(-c7cccc(Nc8ccc9c(c8)C(C)(C)c8ccccc8-9)c7)c6)cc4n5-c4ccccc4)cc3)cc21. The fourth-order valence-electron chi connectivity index (χ4n) is 11.5. The van der Waals surface area contributed by atoms with Crippen LogP contribution in [0.2, 0.25) is 0 Å². The molecule has 0 spiro atoms. The predicted octanol–water partition coefficient (Wildman–Crippen LogP) is 17.9. The van der Waals surface area contributed by atoms with Crippen molar-refractivity contribution in [2.24, 2.45) is 0 Å². The lowest BCUT2D eigenvalue weighted by Crippen LogP contribution is -2.15. The number of hydrogen-bond acceptors (Lipinski definition) is 2. The number of nitrogens with one attached hydrogen (secondary N) is 2. The van der Waals surface area contributed by atoms with Gasteiger partial charge in [0.25, 0.3) is 0 Å². The Morgan fingerprint density at radius 3 is 1.42 bits per heavy atom. The predicted molar refractivity (Wildman–Crippen MR) is 292 cm³/mol. The zero-order valence-corrected chi connectivity index (χ0v) is 39.3. The highest BCUT2D eigenvalue weighted by Crippen LogP contribution is 2.51. The third-order valence-electron chi connectivity index (χ3n) is 15.1. The molecule has 1 heterocycles. The lowest BCUT2D eigenvalue weighted by molar-refractivity contribution is 0.660. The lowest BCUT2D eigenvalue weighted by Gasteiger charge is -2.22. The second-order valence-corrected chi connectivity index (χ2v) is 20.0. The van der Waals surface area contributed by atoms with E-state index in [4.69, 9.17) is 0 Å². The first kappa shape index (κ1) is 40.8. The average molecular weight is 886 g/mol. The zero-order valence-electron chi connectivity index (χ0n) is 39.3. The van der Waals surface area contributed by atoms with Gasteiger partial charge in [-0.1, -0.05) is 167 Å². The molecule has 10 aromatic carbocycles. The van der Waals surface area contributed by atoms with Gasteiger partial charge in [-0.15, -0.1) is 0 Å². The Kier molecular flexibility index (Phi) is 9.22. The van der Waals surface area contributed by atoms with Crippen LogP contribution in [0.1, 0.15) is 49.9 Å². The second kappa shape index (κ2) is 15.6. The summed E-state index contributed by atoms with van der Waals surface area (Å²) in [5.41, 5.74) is 25.7. The van der Waals surface area contributed by atoms with E-state index in [-0.39, 0.29) is 10.8 Å². The van der Waals surface area contributed by atoms with Crippen LogP contribution in [-0.2, 0) is 10.8 Å². The normalized spacial score (nSPS) is 13.7. The first-order chi connectivity index (χ1) is 33.7. The minimum absolute atomic E-state index is 0.0366. The van der Waals surface area contributed by atoms with Gasteiger partial charge in [0.05, 0.1) is 11.0 Å². The maximum atomic E-state index is 3.74. The summed E-state index contributed by atoms with van der Waals surface area (Å²) in [4.78, 5) is 0. The van der Waals surface area contributed by atoms with Gasteiger partial charge in [-0.25, -0.2) is 0 Å². The smallest absolute Gasteiger partial charge is 0.0547 e. The van der Waals surface area contributed by atoms with E-state index in [0.29, 0.717) is 0 Å². The zero-order chi connectivity index (χ0) is 46.4. The van der Waals surface area contributed by atoms with Crippen LogP contribution >= 0.6 is 0 Å². The molecular formula is C66H51N3. The second-order valence-electron chi connectivity index (χ2n) is 20.0. The topological polar surface area (TPSA) is 29.0 Å². The molecule has 0 radical (unpaired) electrons. The van der Waals surface area contributed by atoms with E-state index < -0.39 is 0 Å². The Morgan fingerprint density at radius 1 is 0.290 bits per heavy atom. The Hall–Kier alpha value is -8.40. The molecule has 3 nitrogen and oxygen atoms in total. The standard InChI is InChI=1S/C66H51N3/c1-65(2)59-22-10-8-20-53(59)55-33-30-50(40-61(55)65)67-48-28-24-42(25-29-48)46-27-35-63-58(38-46)57-32-26-47(39-64(57)69(63)52-18-6-5-7-19-52)44-15-12-14-43(36-44)45-16-13-17-49(37-45)68-51-31-34-56-54-21-9-11-23-60(54)66(3,4)62(56)41-51/h5-41,67-68H,1-4H3. The van der Waals surface area contributed by atoms with Gasteiger partial charge in [0.1, 0.15) is 0 Å². The summed E-state index contributed by atoms with van der Waals surface area (Å²) in [5, 5.41) is 9.90. The molecule has 1 aromatic heterocycles. The summed E-state index contributed by atoms with van der Waals surface area (Å²) in [6.07, 6.45) is 0. The van der Waals surface area contributed by atoms with Gasteiger partial charge in [0.15, 0.2) is 0 Å². The van der Waals surface area contributed by atoms with Crippen molar-refractivity contribution < 1.29 is 0 Å². The summed E-state index contributed by atoms with van der Waals surface area (Å²) in [6, 6.07) is 82.5. The van der Waals surface area contributed by atoms with Gasteiger partial charge in [0, 0.05) is 50.0 Å². The number of nitrogens with zero attached hydrogens (tertiary/aromatic N) is 1. The minimum atomic E-state index is -0.0458. The molecule has 2 aliphatic carbocycles. The number of aromatic nitrogens is 1. The van der Waals surface area contributed by atoms with Crippen LogP contribution in [0, 0.1) is 0 Å². The van der Waals surface area contributed by atoms with E-state index in [1.54, 1.807) is 0 Å². The van der Waals surface area contributed by atoms with Gasteiger partial charge >= 0.3 is 0 Å². The van der Waals surface area contributed by atoms with Crippen molar-refractivity contribution in [3.05, 3.63) is 247 Å². The van der Waals surface area contributed by atoms with Crippen molar-refractivity contribution in [2.75, 3.05) is 10.6 Å². The van der Waals surface area contributed by atoms with E-state index >= 15 is 0 Å².